The summed E-state index contributed by atoms with van der Waals surface area (Å²) >= 11 is 0. The molecule has 1 fully saturated rings. The average Bonchev–Trinajstić information content (AvgIpc) is 2.25. The van der Waals surface area contributed by atoms with Gasteiger partial charge in [0.25, 0.3) is 0 Å². The molecule has 5 heteroatoms. The Balaban J connectivity index is 2.50. The van der Waals surface area contributed by atoms with Crippen LogP contribution in [-0.2, 0) is 10.0 Å². The molecule has 0 radical (unpaired) electrons. The second kappa shape index (κ2) is 5.98. The zero-order chi connectivity index (χ0) is 12.2. The van der Waals surface area contributed by atoms with Gasteiger partial charge in [0.1, 0.15) is 0 Å². The first-order chi connectivity index (χ1) is 7.45. The Hall–Kier alpha value is -0.130. The maximum Gasteiger partial charge on any atom is 0.211 e. The Morgan fingerprint density at radius 3 is 2.75 bits per heavy atom. The van der Waals surface area contributed by atoms with E-state index < -0.39 is 10.0 Å². The Labute approximate surface area is 99.5 Å². The number of piperidine rings is 1. The van der Waals surface area contributed by atoms with E-state index in [1.165, 1.54) is 6.26 Å². The van der Waals surface area contributed by atoms with Crippen LogP contribution in [0.1, 0.15) is 33.1 Å². The minimum Gasteiger partial charge on any atom is -0.314 e. The maximum atomic E-state index is 11.5. The van der Waals surface area contributed by atoms with Gasteiger partial charge in [-0.15, -0.1) is 0 Å². The lowest BCUT2D eigenvalue weighted by Gasteiger charge is -2.34. The third-order valence-electron chi connectivity index (χ3n) is 3.31. The topological polar surface area (TPSA) is 49.4 Å². The molecule has 4 nitrogen and oxygen atoms in total. The van der Waals surface area contributed by atoms with Crippen molar-refractivity contribution in [1.82, 2.24) is 9.62 Å². The number of sulfonamides is 1. The van der Waals surface area contributed by atoms with Crippen molar-refractivity contribution in [2.24, 2.45) is 5.92 Å². The van der Waals surface area contributed by atoms with Crippen molar-refractivity contribution in [2.75, 3.05) is 25.9 Å². The van der Waals surface area contributed by atoms with Gasteiger partial charge in [0.2, 0.25) is 10.0 Å². The van der Waals surface area contributed by atoms with E-state index in [-0.39, 0.29) is 0 Å². The van der Waals surface area contributed by atoms with Crippen LogP contribution in [0.25, 0.3) is 0 Å². The lowest BCUT2D eigenvalue weighted by Crippen LogP contribution is -2.46. The van der Waals surface area contributed by atoms with E-state index in [4.69, 9.17) is 0 Å². The Kier molecular flexibility index (Phi) is 5.21. The molecular weight excluding hydrogens is 224 g/mol. The summed E-state index contributed by atoms with van der Waals surface area (Å²) in [6.07, 6.45) is 4.53. The second-order valence-corrected chi connectivity index (χ2v) is 6.75. The van der Waals surface area contributed by atoms with Gasteiger partial charge >= 0.3 is 0 Å². The third kappa shape index (κ3) is 4.03. The van der Waals surface area contributed by atoms with Gasteiger partial charge in [-0.25, -0.2) is 12.7 Å². The fourth-order valence-corrected chi connectivity index (χ4v) is 3.14. The normalized spacial score (nSPS) is 25.6. The van der Waals surface area contributed by atoms with Crippen molar-refractivity contribution < 1.29 is 8.42 Å². The largest absolute Gasteiger partial charge is 0.314 e. The zero-order valence-electron chi connectivity index (χ0n) is 10.6. The molecular formula is C11H24N2O2S. The van der Waals surface area contributed by atoms with Crippen molar-refractivity contribution >= 4 is 10.0 Å². The standard InChI is InChI=1S/C11H24N2O2S/c1-4-7-12-10(2)11-6-5-8-13(9-11)16(3,14)15/h10-12H,4-9H2,1-3H3. The van der Waals surface area contributed by atoms with E-state index in [0.717, 1.165) is 25.8 Å². The quantitative estimate of drug-likeness (QED) is 0.791. The van der Waals surface area contributed by atoms with Crippen molar-refractivity contribution in [3.8, 4) is 0 Å². The molecule has 1 aliphatic rings. The fraction of sp³-hybridized carbons (Fsp3) is 1.00. The molecule has 0 spiro atoms. The van der Waals surface area contributed by atoms with Crippen LogP contribution >= 0.6 is 0 Å². The van der Waals surface area contributed by atoms with E-state index in [1.807, 2.05) is 0 Å². The first-order valence-corrected chi connectivity index (χ1v) is 7.98. The summed E-state index contributed by atoms with van der Waals surface area (Å²) in [6.45, 7) is 6.68. The Morgan fingerprint density at radius 2 is 2.19 bits per heavy atom. The minimum atomic E-state index is -3.01. The van der Waals surface area contributed by atoms with Gasteiger partial charge in [-0.2, -0.15) is 0 Å². The Morgan fingerprint density at radius 1 is 1.50 bits per heavy atom. The molecule has 0 aliphatic carbocycles. The van der Waals surface area contributed by atoms with Crippen LogP contribution in [-0.4, -0.2) is 44.7 Å². The summed E-state index contributed by atoms with van der Waals surface area (Å²) in [5.74, 6) is 0.454. The number of hydrogen-bond donors (Lipinski definition) is 1. The summed E-state index contributed by atoms with van der Waals surface area (Å²) < 4.78 is 24.6. The molecule has 0 amide bonds. The first-order valence-electron chi connectivity index (χ1n) is 6.13. The average molecular weight is 248 g/mol. The van der Waals surface area contributed by atoms with Crippen LogP contribution in [0, 0.1) is 5.92 Å². The van der Waals surface area contributed by atoms with E-state index in [2.05, 4.69) is 19.2 Å². The van der Waals surface area contributed by atoms with Gasteiger partial charge < -0.3 is 5.32 Å². The van der Waals surface area contributed by atoms with Crippen molar-refractivity contribution in [1.29, 1.82) is 0 Å². The molecule has 0 aromatic carbocycles. The van der Waals surface area contributed by atoms with Gasteiger partial charge in [0, 0.05) is 19.1 Å². The summed E-state index contributed by atoms with van der Waals surface area (Å²) in [6, 6.07) is 0.407. The summed E-state index contributed by atoms with van der Waals surface area (Å²) in [4.78, 5) is 0. The molecule has 1 saturated heterocycles. The molecule has 2 unspecified atom stereocenters. The third-order valence-corrected chi connectivity index (χ3v) is 4.58. The number of hydrogen-bond acceptors (Lipinski definition) is 3. The molecule has 0 aromatic rings. The van der Waals surface area contributed by atoms with Crippen LogP contribution < -0.4 is 5.32 Å². The van der Waals surface area contributed by atoms with E-state index in [9.17, 15) is 8.42 Å². The first kappa shape index (κ1) is 13.9. The lowest BCUT2D eigenvalue weighted by atomic mass is 9.93. The van der Waals surface area contributed by atoms with Crippen molar-refractivity contribution in [3.05, 3.63) is 0 Å². The minimum absolute atomic E-state index is 0.407. The highest BCUT2D eigenvalue weighted by atomic mass is 32.2. The monoisotopic (exact) mass is 248 g/mol. The predicted octanol–water partition coefficient (Wildman–Crippen LogP) is 1.05. The fourth-order valence-electron chi connectivity index (χ4n) is 2.22. The molecule has 0 bridgehead atoms. The van der Waals surface area contributed by atoms with Gasteiger partial charge in [-0.3, -0.25) is 0 Å². The van der Waals surface area contributed by atoms with Crippen molar-refractivity contribution in [3.63, 3.8) is 0 Å². The van der Waals surface area contributed by atoms with Gasteiger partial charge in [-0.05, 0) is 38.6 Å². The highest BCUT2D eigenvalue weighted by molar-refractivity contribution is 7.88. The zero-order valence-corrected chi connectivity index (χ0v) is 11.4. The molecule has 1 heterocycles. The van der Waals surface area contributed by atoms with E-state index in [1.54, 1.807) is 4.31 Å². The smallest absolute Gasteiger partial charge is 0.211 e. The molecule has 1 N–H and O–H groups in total. The van der Waals surface area contributed by atoms with Crippen LogP contribution in [0.15, 0.2) is 0 Å². The molecule has 16 heavy (non-hydrogen) atoms. The SMILES string of the molecule is CCCNC(C)C1CCCN(S(C)(=O)=O)C1. The maximum absolute atomic E-state index is 11.5. The van der Waals surface area contributed by atoms with Gasteiger partial charge in [0.15, 0.2) is 0 Å². The van der Waals surface area contributed by atoms with Gasteiger partial charge in [0.05, 0.1) is 6.26 Å². The van der Waals surface area contributed by atoms with Crippen LogP contribution in [0.5, 0.6) is 0 Å². The van der Waals surface area contributed by atoms with Crippen LogP contribution in [0.3, 0.4) is 0 Å². The Bertz CT molecular complexity index is 303. The molecule has 1 rings (SSSR count). The molecule has 2 atom stereocenters. The van der Waals surface area contributed by atoms with E-state index in [0.29, 0.717) is 25.0 Å². The summed E-state index contributed by atoms with van der Waals surface area (Å²) in [7, 11) is -3.01. The van der Waals surface area contributed by atoms with Crippen LogP contribution in [0.2, 0.25) is 0 Å². The van der Waals surface area contributed by atoms with Gasteiger partial charge in [-0.1, -0.05) is 6.92 Å². The number of nitrogens with zero attached hydrogens (tertiary/aromatic N) is 1. The summed E-state index contributed by atoms with van der Waals surface area (Å²) in [5, 5.41) is 3.45. The number of nitrogens with one attached hydrogen (secondary N) is 1. The molecule has 0 aromatic heterocycles. The molecule has 0 saturated carbocycles. The summed E-state index contributed by atoms with van der Waals surface area (Å²) in [5.41, 5.74) is 0. The molecule has 96 valence electrons. The predicted molar refractivity (Wildman–Crippen MR) is 66.9 cm³/mol. The van der Waals surface area contributed by atoms with Crippen molar-refractivity contribution in [2.45, 2.75) is 39.2 Å². The highest BCUT2D eigenvalue weighted by Gasteiger charge is 2.28. The lowest BCUT2D eigenvalue weighted by molar-refractivity contribution is 0.225. The van der Waals surface area contributed by atoms with Crippen LogP contribution in [0.4, 0.5) is 0 Å². The number of rotatable bonds is 5. The highest BCUT2D eigenvalue weighted by Crippen LogP contribution is 2.21. The molecule has 1 aliphatic heterocycles. The second-order valence-electron chi connectivity index (χ2n) is 4.77. The van der Waals surface area contributed by atoms with E-state index >= 15 is 0 Å².